The molecule has 2 aromatic carbocycles. The second-order valence-electron chi connectivity index (χ2n) is 8.22. The molecule has 35 heavy (non-hydrogen) atoms. The second kappa shape index (κ2) is 7.98. The molecular formula is C26H22N6O3. The number of carbonyl (C=O) groups is 1. The summed E-state index contributed by atoms with van der Waals surface area (Å²) in [7, 11) is 3.21. The first-order chi connectivity index (χ1) is 17.1. The van der Waals surface area contributed by atoms with Crippen LogP contribution in [0.3, 0.4) is 0 Å². The molecule has 2 aliphatic rings. The molecule has 4 aromatic rings. The fourth-order valence-corrected chi connectivity index (χ4v) is 4.72. The van der Waals surface area contributed by atoms with Crippen molar-refractivity contribution in [2.24, 2.45) is 4.99 Å². The van der Waals surface area contributed by atoms with Crippen LogP contribution in [0.1, 0.15) is 22.9 Å². The average Bonchev–Trinajstić information content (AvgIpc) is 3.24. The number of aliphatic imine (C=N–C) groups is 1. The summed E-state index contributed by atoms with van der Waals surface area (Å²) in [6.45, 7) is 1.95. The Morgan fingerprint density at radius 2 is 1.77 bits per heavy atom. The van der Waals surface area contributed by atoms with Crippen molar-refractivity contribution in [1.82, 2.24) is 14.8 Å². The third-order valence-corrected chi connectivity index (χ3v) is 6.26. The van der Waals surface area contributed by atoms with Gasteiger partial charge in [0.2, 0.25) is 5.84 Å². The van der Waals surface area contributed by atoms with Crippen molar-refractivity contribution in [3.63, 3.8) is 0 Å². The summed E-state index contributed by atoms with van der Waals surface area (Å²) in [6.07, 6.45) is 1.70. The van der Waals surface area contributed by atoms with Gasteiger partial charge in [-0.15, -0.1) is 0 Å². The molecule has 0 saturated heterocycles. The molecule has 1 atom stereocenters. The number of nitrogens with zero attached hydrogens (tertiary/aromatic N) is 5. The van der Waals surface area contributed by atoms with Gasteiger partial charge in [-0.25, -0.2) is 9.98 Å². The number of nitrogens with one attached hydrogen (secondary N) is 1. The third kappa shape index (κ3) is 3.16. The number of aryl methyl sites for hydroxylation is 1. The molecule has 0 radical (unpaired) electrons. The van der Waals surface area contributed by atoms with Gasteiger partial charge < -0.3 is 19.7 Å². The summed E-state index contributed by atoms with van der Waals surface area (Å²) >= 11 is 0. The highest BCUT2D eigenvalue weighted by Crippen LogP contribution is 2.48. The molecule has 0 aliphatic carbocycles. The Hall–Kier alpha value is -4.66. The second-order valence-corrected chi connectivity index (χ2v) is 8.22. The van der Waals surface area contributed by atoms with Crippen LogP contribution in [0.25, 0.3) is 5.82 Å². The fraction of sp³-hybridized carbons (Fsp3) is 0.154. The van der Waals surface area contributed by atoms with Gasteiger partial charge in [0.1, 0.15) is 0 Å². The van der Waals surface area contributed by atoms with Gasteiger partial charge in [0, 0.05) is 11.8 Å². The molecule has 0 fully saturated rings. The smallest absolute Gasteiger partial charge is 0.291 e. The summed E-state index contributed by atoms with van der Waals surface area (Å²) in [6, 6.07) is 18.7. The number of pyridine rings is 1. The molecular weight excluding hydrogens is 444 g/mol. The zero-order valence-electron chi connectivity index (χ0n) is 19.4. The maximum absolute atomic E-state index is 13.3. The predicted molar refractivity (Wildman–Crippen MR) is 132 cm³/mol. The molecule has 4 heterocycles. The lowest BCUT2D eigenvalue weighted by atomic mass is 9.93. The van der Waals surface area contributed by atoms with Crippen molar-refractivity contribution < 1.29 is 14.3 Å². The van der Waals surface area contributed by atoms with Gasteiger partial charge in [0.25, 0.3) is 5.91 Å². The van der Waals surface area contributed by atoms with E-state index in [4.69, 9.17) is 19.6 Å². The number of para-hydroxylation sites is 2. The first-order valence-corrected chi connectivity index (χ1v) is 11.1. The number of hydrogen-bond acceptors (Lipinski definition) is 7. The Morgan fingerprint density at radius 3 is 2.54 bits per heavy atom. The van der Waals surface area contributed by atoms with E-state index in [1.807, 2.05) is 72.5 Å². The van der Waals surface area contributed by atoms with Crippen LogP contribution in [0.5, 0.6) is 11.5 Å². The standard InChI is InChI=1S/C26H22N6O3/c1-15-22-23(16-11-12-19(34-2)20(14-16)35-3)31-18-9-5-4-8-17(18)28-26(33)25(31)29-24(22)32(30-15)21-10-6-7-13-27-21/h4-14,23H,1-3H3,(H,28,33)/t23-/m1/s1. The zero-order valence-corrected chi connectivity index (χ0v) is 19.4. The lowest BCUT2D eigenvalue weighted by Crippen LogP contribution is -2.48. The number of hydrogen-bond donors (Lipinski definition) is 1. The van der Waals surface area contributed by atoms with Gasteiger partial charge in [-0.1, -0.05) is 24.3 Å². The zero-order chi connectivity index (χ0) is 24.1. The minimum atomic E-state index is -0.387. The van der Waals surface area contributed by atoms with E-state index < -0.39 is 0 Å². The highest BCUT2D eigenvalue weighted by Gasteiger charge is 2.42. The lowest BCUT2D eigenvalue weighted by Gasteiger charge is -2.40. The number of fused-ring (bicyclic) bond motifs is 4. The molecule has 2 aliphatic heterocycles. The van der Waals surface area contributed by atoms with Gasteiger partial charge >= 0.3 is 0 Å². The van der Waals surface area contributed by atoms with Crippen LogP contribution >= 0.6 is 0 Å². The van der Waals surface area contributed by atoms with Crippen molar-refractivity contribution in [2.45, 2.75) is 13.0 Å². The number of aromatic nitrogens is 3. The molecule has 0 bridgehead atoms. The maximum Gasteiger partial charge on any atom is 0.291 e. The van der Waals surface area contributed by atoms with Gasteiger partial charge in [0.05, 0.1) is 37.3 Å². The number of rotatable bonds is 4. The van der Waals surface area contributed by atoms with Gasteiger partial charge in [0.15, 0.2) is 23.1 Å². The number of ether oxygens (including phenoxy) is 2. The Balaban J connectivity index is 1.65. The topological polar surface area (TPSA) is 93.9 Å². The van der Waals surface area contributed by atoms with Crippen LogP contribution in [0.2, 0.25) is 0 Å². The molecule has 1 amide bonds. The van der Waals surface area contributed by atoms with Crippen LogP contribution in [0, 0.1) is 6.92 Å². The lowest BCUT2D eigenvalue weighted by molar-refractivity contribution is -0.110. The minimum absolute atomic E-state index is 0.285. The van der Waals surface area contributed by atoms with E-state index >= 15 is 0 Å². The normalized spacial score (nSPS) is 16.0. The highest BCUT2D eigenvalue weighted by molar-refractivity contribution is 6.50. The molecule has 0 spiro atoms. The van der Waals surface area contributed by atoms with Crippen LogP contribution in [0.15, 0.2) is 71.9 Å². The van der Waals surface area contributed by atoms with E-state index in [2.05, 4.69) is 10.3 Å². The predicted octanol–water partition coefficient (Wildman–Crippen LogP) is 4.18. The highest BCUT2D eigenvalue weighted by atomic mass is 16.5. The Labute approximate surface area is 201 Å². The minimum Gasteiger partial charge on any atom is -0.493 e. The largest absolute Gasteiger partial charge is 0.493 e. The first kappa shape index (κ1) is 20.9. The Morgan fingerprint density at radius 1 is 0.971 bits per heavy atom. The molecule has 2 aromatic heterocycles. The van der Waals surface area contributed by atoms with Crippen molar-refractivity contribution in [1.29, 1.82) is 0 Å². The van der Waals surface area contributed by atoms with Crippen LogP contribution < -0.4 is 19.7 Å². The summed E-state index contributed by atoms with van der Waals surface area (Å²) in [5, 5.41) is 7.75. The Kier molecular flexibility index (Phi) is 4.77. The number of amides is 1. The van der Waals surface area contributed by atoms with Gasteiger partial charge in [-0.3, -0.25) is 4.79 Å². The van der Waals surface area contributed by atoms with Gasteiger partial charge in [-0.05, 0) is 48.9 Å². The van der Waals surface area contributed by atoms with E-state index in [0.717, 1.165) is 28.2 Å². The number of anilines is 2. The number of benzene rings is 2. The van der Waals surface area contributed by atoms with Crippen molar-refractivity contribution in [3.05, 3.63) is 83.7 Å². The quantitative estimate of drug-likeness (QED) is 0.485. The van der Waals surface area contributed by atoms with Crippen LogP contribution in [-0.2, 0) is 4.79 Å². The van der Waals surface area contributed by atoms with Crippen LogP contribution in [-0.4, -0.2) is 40.7 Å². The SMILES string of the molecule is COc1ccc([C@@H]2c3c(C)nn(-c4ccccn4)c3N=C3C(=O)Nc4ccccc4N32)cc1OC. The molecule has 9 nitrogen and oxygen atoms in total. The maximum atomic E-state index is 13.3. The van der Waals surface area contributed by atoms with E-state index in [0.29, 0.717) is 23.1 Å². The number of carbonyl (C=O) groups excluding carboxylic acids is 1. The van der Waals surface area contributed by atoms with E-state index in [1.165, 1.54) is 0 Å². The van der Waals surface area contributed by atoms with E-state index in [1.54, 1.807) is 25.1 Å². The average molecular weight is 467 g/mol. The fourth-order valence-electron chi connectivity index (χ4n) is 4.72. The molecule has 6 rings (SSSR count). The van der Waals surface area contributed by atoms with Crippen molar-refractivity contribution in [2.75, 3.05) is 24.4 Å². The van der Waals surface area contributed by atoms with Gasteiger partial charge in [-0.2, -0.15) is 9.78 Å². The molecule has 1 N–H and O–H groups in total. The summed E-state index contributed by atoms with van der Waals surface area (Å²) < 4.78 is 12.8. The van der Waals surface area contributed by atoms with Crippen molar-refractivity contribution in [3.8, 4) is 17.3 Å². The summed E-state index contributed by atoms with van der Waals surface area (Å²) in [5.41, 5.74) is 4.15. The molecule has 174 valence electrons. The van der Waals surface area contributed by atoms with Crippen molar-refractivity contribution >= 4 is 28.9 Å². The van der Waals surface area contributed by atoms with Crippen LogP contribution in [0.4, 0.5) is 17.2 Å². The Bertz CT molecular complexity index is 1490. The molecule has 0 saturated carbocycles. The summed E-state index contributed by atoms with van der Waals surface area (Å²) in [4.78, 5) is 24.5. The monoisotopic (exact) mass is 466 g/mol. The molecule has 9 heteroatoms. The molecule has 0 unspecified atom stereocenters. The number of amidine groups is 1. The first-order valence-electron chi connectivity index (χ1n) is 11.1. The number of methoxy groups -OCH3 is 2. The summed E-state index contributed by atoms with van der Waals surface area (Å²) in [5.74, 6) is 2.41. The van der Waals surface area contributed by atoms with E-state index in [-0.39, 0.29) is 17.8 Å². The van der Waals surface area contributed by atoms with E-state index in [9.17, 15) is 4.79 Å². The third-order valence-electron chi connectivity index (χ3n) is 6.26.